The molecule has 0 saturated carbocycles. The highest BCUT2D eigenvalue weighted by molar-refractivity contribution is 5.70. The molecule has 4 unspecified atom stereocenters. The van der Waals surface area contributed by atoms with Gasteiger partial charge >= 0.3 is 5.97 Å². The Bertz CT molecular complexity index is 309. The minimum Gasteiger partial charge on any atom is -0.481 e. The number of aliphatic hydroxyl groups is 1. The average Bonchev–Trinajstić information content (AvgIpc) is 2.27. The van der Waals surface area contributed by atoms with E-state index in [0.717, 1.165) is 25.7 Å². The van der Waals surface area contributed by atoms with Crippen LogP contribution in [-0.4, -0.2) is 22.3 Å². The first-order valence-electron chi connectivity index (χ1n) is 7.03. The van der Waals surface area contributed by atoms with Crippen molar-refractivity contribution in [1.29, 1.82) is 0 Å². The molecule has 0 saturated heterocycles. The van der Waals surface area contributed by atoms with Crippen LogP contribution in [0.5, 0.6) is 0 Å². The Morgan fingerprint density at radius 1 is 1.56 bits per heavy atom. The van der Waals surface area contributed by atoms with E-state index in [1.165, 1.54) is 5.57 Å². The van der Waals surface area contributed by atoms with Crippen molar-refractivity contribution in [2.75, 3.05) is 0 Å². The number of unbranched alkanes of at least 4 members (excludes halogenated alkanes) is 1. The molecular formula is C15H26O3. The molecule has 0 aromatic carbocycles. The minimum atomic E-state index is -0.851. The Hall–Kier alpha value is -0.830. The summed E-state index contributed by atoms with van der Waals surface area (Å²) >= 11 is 0. The molecular weight excluding hydrogens is 228 g/mol. The molecule has 0 aromatic heterocycles. The van der Waals surface area contributed by atoms with Gasteiger partial charge in [-0.05, 0) is 38.0 Å². The number of allylic oxidation sites excluding steroid dienone is 2. The molecule has 2 N–H and O–H groups in total. The molecule has 18 heavy (non-hydrogen) atoms. The van der Waals surface area contributed by atoms with Gasteiger partial charge in [-0.2, -0.15) is 0 Å². The molecule has 104 valence electrons. The number of aliphatic hydroxyl groups excluding tert-OH is 1. The number of carboxylic acids is 1. The number of carbonyl (C=O) groups is 1. The summed E-state index contributed by atoms with van der Waals surface area (Å²) in [4.78, 5) is 11.3. The van der Waals surface area contributed by atoms with Gasteiger partial charge in [0.25, 0.3) is 0 Å². The quantitative estimate of drug-likeness (QED) is 0.715. The largest absolute Gasteiger partial charge is 0.481 e. The van der Waals surface area contributed by atoms with E-state index in [-0.39, 0.29) is 5.92 Å². The molecule has 1 aliphatic rings. The summed E-state index contributed by atoms with van der Waals surface area (Å²) in [6, 6.07) is 0. The van der Waals surface area contributed by atoms with Gasteiger partial charge in [0, 0.05) is 0 Å². The second-order valence-corrected chi connectivity index (χ2v) is 5.77. The Kier molecular flexibility index (Phi) is 5.86. The third-order valence-corrected chi connectivity index (χ3v) is 3.91. The average molecular weight is 254 g/mol. The van der Waals surface area contributed by atoms with Crippen LogP contribution in [0.25, 0.3) is 0 Å². The summed E-state index contributed by atoms with van der Waals surface area (Å²) < 4.78 is 0. The van der Waals surface area contributed by atoms with Gasteiger partial charge in [-0.25, -0.2) is 0 Å². The van der Waals surface area contributed by atoms with Crippen LogP contribution in [0.15, 0.2) is 11.6 Å². The maximum atomic E-state index is 11.3. The normalized spacial score (nSPS) is 27.4. The maximum Gasteiger partial charge on any atom is 0.309 e. The zero-order valence-electron chi connectivity index (χ0n) is 11.7. The topological polar surface area (TPSA) is 57.5 Å². The third kappa shape index (κ3) is 4.13. The first-order chi connectivity index (χ1) is 8.45. The van der Waals surface area contributed by atoms with Crippen LogP contribution in [-0.2, 0) is 4.79 Å². The fourth-order valence-electron chi connectivity index (χ4n) is 3.05. The molecule has 0 bridgehead atoms. The molecule has 0 spiro atoms. The lowest BCUT2D eigenvalue weighted by molar-refractivity contribution is -0.148. The maximum absolute atomic E-state index is 11.3. The van der Waals surface area contributed by atoms with Crippen LogP contribution in [0.2, 0.25) is 0 Å². The Morgan fingerprint density at radius 2 is 2.22 bits per heavy atom. The molecule has 1 rings (SSSR count). The van der Waals surface area contributed by atoms with E-state index in [4.69, 9.17) is 0 Å². The molecule has 0 fully saturated rings. The monoisotopic (exact) mass is 254 g/mol. The number of aliphatic carboxylic acids is 1. The molecule has 3 nitrogen and oxygen atoms in total. The van der Waals surface area contributed by atoms with Crippen molar-refractivity contribution in [3.05, 3.63) is 11.6 Å². The molecule has 3 heteroatoms. The van der Waals surface area contributed by atoms with Crippen molar-refractivity contribution < 1.29 is 15.0 Å². The fraction of sp³-hybridized carbons (Fsp3) is 0.800. The molecule has 0 aromatic rings. The van der Waals surface area contributed by atoms with Gasteiger partial charge in [0.15, 0.2) is 0 Å². The molecule has 0 amide bonds. The number of rotatable bonds is 6. The molecule has 4 atom stereocenters. The summed E-state index contributed by atoms with van der Waals surface area (Å²) in [7, 11) is 0. The van der Waals surface area contributed by atoms with Gasteiger partial charge in [-0.15, -0.1) is 0 Å². The third-order valence-electron chi connectivity index (χ3n) is 3.91. The van der Waals surface area contributed by atoms with Gasteiger partial charge in [-0.3, -0.25) is 4.79 Å². The van der Waals surface area contributed by atoms with E-state index >= 15 is 0 Å². The van der Waals surface area contributed by atoms with Crippen molar-refractivity contribution in [3.8, 4) is 0 Å². The summed E-state index contributed by atoms with van der Waals surface area (Å²) in [5, 5.41) is 19.6. The summed E-state index contributed by atoms with van der Waals surface area (Å²) in [6.07, 6.45) is 5.67. The van der Waals surface area contributed by atoms with Gasteiger partial charge < -0.3 is 10.2 Å². The van der Waals surface area contributed by atoms with Crippen molar-refractivity contribution >= 4 is 5.97 Å². The zero-order valence-corrected chi connectivity index (χ0v) is 11.7. The Labute approximate surface area is 110 Å². The predicted octanol–water partition coefficient (Wildman–Crippen LogP) is 3.23. The van der Waals surface area contributed by atoms with Crippen LogP contribution in [0.3, 0.4) is 0 Å². The molecule has 0 radical (unpaired) electrons. The van der Waals surface area contributed by atoms with Crippen molar-refractivity contribution in [2.45, 2.75) is 59.0 Å². The van der Waals surface area contributed by atoms with E-state index in [9.17, 15) is 15.0 Å². The van der Waals surface area contributed by atoms with Gasteiger partial charge in [0.1, 0.15) is 0 Å². The van der Waals surface area contributed by atoms with Crippen LogP contribution < -0.4 is 0 Å². The standard InChI is InChI=1S/C15H26O3/c1-4-5-6-13(15(17)18)14(16)12-8-10(2)7-11(3)9-12/h7,10,12-14,16H,4-6,8-9H2,1-3H3,(H,17,18). The van der Waals surface area contributed by atoms with E-state index in [1.807, 2.05) is 6.92 Å². The first-order valence-corrected chi connectivity index (χ1v) is 7.03. The first kappa shape index (κ1) is 15.2. The van der Waals surface area contributed by atoms with Crippen LogP contribution in [0.4, 0.5) is 0 Å². The lowest BCUT2D eigenvalue weighted by atomic mass is 9.76. The lowest BCUT2D eigenvalue weighted by Crippen LogP contribution is -2.36. The zero-order chi connectivity index (χ0) is 13.7. The molecule has 0 heterocycles. The predicted molar refractivity (Wildman–Crippen MR) is 72.3 cm³/mol. The highest BCUT2D eigenvalue weighted by atomic mass is 16.4. The molecule has 0 aliphatic heterocycles. The van der Waals surface area contributed by atoms with Crippen LogP contribution in [0, 0.1) is 17.8 Å². The SMILES string of the molecule is CCCCC(C(=O)O)C(O)C1CC(C)=CC(C)C1. The Balaban J connectivity index is 2.68. The van der Waals surface area contributed by atoms with Gasteiger partial charge in [-0.1, -0.05) is 38.3 Å². The van der Waals surface area contributed by atoms with Crippen molar-refractivity contribution in [3.63, 3.8) is 0 Å². The molecule has 1 aliphatic carbocycles. The second kappa shape index (κ2) is 6.93. The van der Waals surface area contributed by atoms with E-state index in [0.29, 0.717) is 12.3 Å². The summed E-state index contributed by atoms with van der Waals surface area (Å²) in [6.45, 7) is 6.24. The fourth-order valence-corrected chi connectivity index (χ4v) is 3.05. The van der Waals surface area contributed by atoms with Crippen LogP contribution >= 0.6 is 0 Å². The summed E-state index contributed by atoms with van der Waals surface area (Å²) in [5.41, 5.74) is 1.28. The van der Waals surface area contributed by atoms with E-state index in [1.54, 1.807) is 0 Å². The minimum absolute atomic E-state index is 0.1000. The number of hydrogen-bond donors (Lipinski definition) is 2. The van der Waals surface area contributed by atoms with Crippen LogP contribution in [0.1, 0.15) is 52.9 Å². The number of hydrogen-bond acceptors (Lipinski definition) is 2. The summed E-state index contributed by atoms with van der Waals surface area (Å²) in [5.74, 6) is -0.911. The van der Waals surface area contributed by atoms with Gasteiger partial charge in [0.05, 0.1) is 12.0 Å². The lowest BCUT2D eigenvalue weighted by Gasteiger charge is -2.32. The van der Waals surface area contributed by atoms with E-state index in [2.05, 4.69) is 19.9 Å². The smallest absolute Gasteiger partial charge is 0.309 e. The highest BCUT2D eigenvalue weighted by Crippen LogP contribution is 2.33. The highest BCUT2D eigenvalue weighted by Gasteiger charge is 2.34. The number of carboxylic acid groups (broad SMARTS) is 1. The van der Waals surface area contributed by atoms with Crippen molar-refractivity contribution in [1.82, 2.24) is 0 Å². The van der Waals surface area contributed by atoms with Crippen molar-refractivity contribution in [2.24, 2.45) is 17.8 Å². The Morgan fingerprint density at radius 3 is 2.72 bits per heavy atom. The van der Waals surface area contributed by atoms with E-state index < -0.39 is 18.0 Å². The van der Waals surface area contributed by atoms with Gasteiger partial charge in [0.2, 0.25) is 0 Å². The second-order valence-electron chi connectivity index (χ2n) is 5.77.